The predicted octanol–water partition coefficient (Wildman–Crippen LogP) is 2.76. The van der Waals surface area contributed by atoms with Crippen LogP contribution in [0.15, 0.2) is 29.2 Å². The molecule has 0 bridgehead atoms. The van der Waals surface area contributed by atoms with Gasteiger partial charge in [0.05, 0.1) is 11.4 Å². The van der Waals surface area contributed by atoms with Crippen molar-refractivity contribution in [1.82, 2.24) is 4.72 Å². The zero-order chi connectivity index (χ0) is 14.7. The maximum absolute atomic E-state index is 12.6. The van der Waals surface area contributed by atoms with Crippen LogP contribution in [-0.4, -0.2) is 27.3 Å². The first kappa shape index (κ1) is 16.4. The lowest BCUT2D eigenvalue weighted by molar-refractivity contribution is -0.122. The summed E-state index contributed by atoms with van der Waals surface area (Å²) in [6, 6.07) is 5.38. The highest BCUT2D eigenvalue weighted by Crippen LogP contribution is 2.22. The summed E-state index contributed by atoms with van der Waals surface area (Å²) in [7, 11) is -4.23. The molecule has 0 amide bonds. The quantitative estimate of drug-likeness (QED) is 0.623. The average molecular weight is 364 g/mol. The van der Waals surface area contributed by atoms with Crippen LogP contribution in [0.4, 0.5) is 17.6 Å². The first-order chi connectivity index (χ1) is 8.69. The third-order valence-corrected chi connectivity index (χ3v) is 4.27. The highest BCUT2D eigenvalue weighted by molar-refractivity contribution is 9.08. The van der Waals surface area contributed by atoms with E-state index in [1.54, 1.807) is 0 Å². The van der Waals surface area contributed by atoms with Gasteiger partial charge in [0.2, 0.25) is 10.0 Å². The van der Waals surface area contributed by atoms with Gasteiger partial charge in [-0.2, -0.15) is 8.78 Å². The van der Waals surface area contributed by atoms with Gasteiger partial charge in [-0.1, -0.05) is 28.1 Å². The van der Waals surface area contributed by atoms with Gasteiger partial charge in [-0.15, -0.1) is 0 Å². The van der Waals surface area contributed by atoms with Crippen LogP contribution in [0.5, 0.6) is 0 Å². The van der Waals surface area contributed by atoms with E-state index in [2.05, 4.69) is 15.9 Å². The van der Waals surface area contributed by atoms with E-state index in [-0.39, 0.29) is 4.90 Å². The minimum absolute atomic E-state index is 0.262. The summed E-state index contributed by atoms with van der Waals surface area (Å²) in [5.74, 6) is -4.40. The molecular formula is C10H10BrF4NO2S. The highest BCUT2D eigenvalue weighted by Gasteiger charge is 2.41. The summed E-state index contributed by atoms with van der Waals surface area (Å²) < 4.78 is 73.7. The topological polar surface area (TPSA) is 46.2 Å². The number of rotatable bonds is 6. The zero-order valence-corrected chi connectivity index (χ0v) is 11.8. The molecule has 1 aromatic carbocycles. The minimum atomic E-state index is -4.40. The van der Waals surface area contributed by atoms with Gasteiger partial charge in [0.1, 0.15) is 0 Å². The number of hydrogen-bond acceptors (Lipinski definition) is 2. The molecule has 0 unspecified atom stereocenters. The lowest BCUT2D eigenvalue weighted by atomic mass is 10.2. The molecular weight excluding hydrogens is 354 g/mol. The number of hydrogen-bond donors (Lipinski definition) is 1. The molecule has 0 radical (unpaired) electrons. The normalized spacial score (nSPS) is 12.9. The van der Waals surface area contributed by atoms with Gasteiger partial charge in [-0.25, -0.2) is 21.9 Å². The molecule has 1 aromatic rings. The number of alkyl halides is 5. The van der Waals surface area contributed by atoms with E-state index in [1.807, 2.05) is 0 Å². The van der Waals surface area contributed by atoms with E-state index in [9.17, 15) is 26.0 Å². The largest absolute Gasteiger partial charge is 0.320 e. The van der Waals surface area contributed by atoms with Crippen LogP contribution in [0.3, 0.4) is 0 Å². The van der Waals surface area contributed by atoms with Crippen molar-refractivity contribution in [2.75, 3.05) is 6.54 Å². The summed E-state index contributed by atoms with van der Waals surface area (Å²) in [5, 5.41) is 0.504. The molecule has 0 atom stereocenters. The Labute approximate surface area is 116 Å². The van der Waals surface area contributed by atoms with Crippen LogP contribution in [0.1, 0.15) is 5.56 Å². The minimum Gasteiger partial charge on any atom is -0.207 e. The van der Waals surface area contributed by atoms with Crippen molar-refractivity contribution in [3.63, 3.8) is 0 Å². The molecule has 0 aliphatic rings. The van der Waals surface area contributed by atoms with Crippen LogP contribution >= 0.6 is 15.9 Å². The van der Waals surface area contributed by atoms with Gasteiger partial charge < -0.3 is 0 Å². The maximum Gasteiger partial charge on any atom is 0.320 e. The molecule has 0 saturated carbocycles. The van der Waals surface area contributed by atoms with E-state index in [0.29, 0.717) is 5.33 Å². The van der Waals surface area contributed by atoms with Gasteiger partial charge in [-0.3, -0.25) is 0 Å². The number of nitrogens with one attached hydrogen (secondary N) is 1. The Morgan fingerprint density at radius 3 is 2.16 bits per heavy atom. The molecule has 0 fully saturated rings. The lowest BCUT2D eigenvalue weighted by Crippen LogP contribution is -2.41. The summed E-state index contributed by atoms with van der Waals surface area (Å²) in [4.78, 5) is -0.262. The van der Waals surface area contributed by atoms with Gasteiger partial charge in [-0.05, 0) is 17.7 Å². The van der Waals surface area contributed by atoms with E-state index in [0.717, 1.165) is 5.56 Å². The van der Waals surface area contributed by atoms with Gasteiger partial charge in [0, 0.05) is 5.33 Å². The van der Waals surface area contributed by atoms with Gasteiger partial charge in [0.15, 0.2) is 0 Å². The van der Waals surface area contributed by atoms with Gasteiger partial charge in [0.25, 0.3) is 0 Å². The Morgan fingerprint density at radius 2 is 1.74 bits per heavy atom. The third-order valence-electron chi connectivity index (χ3n) is 2.21. The first-order valence-electron chi connectivity index (χ1n) is 4.99. The standard InChI is InChI=1S/C10H10BrF4NO2S/c11-5-7-1-3-8(4-2-7)19(17,18)16-6-10(14,15)9(12)13/h1-4,9,16H,5-6H2. The van der Waals surface area contributed by atoms with E-state index >= 15 is 0 Å². The van der Waals surface area contributed by atoms with Crippen molar-refractivity contribution in [1.29, 1.82) is 0 Å². The molecule has 108 valence electrons. The first-order valence-corrected chi connectivity index (χ1v) is 7.60. The lowest BCUT2D eigenvalue weighted by Gasteiger charge is -2.15. The molecule has 0 heterocycles. The number of halogens is 5. The Balaban J connectivity index is 2.81. The molecule has 0 spiro atoms. The Morgan fingerprint density at radius 1 is 1.21 bits per heavy atom. The van der Waals surface area contributed by atoms with Gasteiger partial charge >= 0.3 is 12.3 Å². The Bertz CT molecular complexity index is 519. The van der Waals surface area contributed by atoms with Crippen LogP contribution in [0.25, 0.3) is 0 Å². The third kappa shape index (κ3) is 4.43. The molecule has 3 nitrogen and oxygen atoms in total. The fourth-order valence-corrected chi connectivity index (χ4v) is 2.53. The summed E-state index contributed by atoms with van der Waals surface area (Å²) in [6.45, 7) is -1.65. The highest BCUT2D eigenvalue weighted by atomic mass is 79.9. The van der Waals surface area contributed by atoms with Crippen molar-refractivity contribution in [2.24, 2.45) is 0 Å². The molecule has 0 aliphatic heterocycles. The predicted molar refractivity (Wildman–Crippen MR) is 65.2 cm³/mol. The van der Waals surface area contributed by atoms with Crippen LogP contribution in [0.2, 0.25) is 0 Å². The average Bonchev–Trinajstić information content (AvgIpc) is 2.36. The summed E-state index contributed by atoms with van der Waals surface area (Å²) in [5.41, 5.74) is 0.789. The van der Waals surface area contributed by atoms with Crippen molar-refractivity contribution in [3.8, 4) is 0 Å². The van der Waals surface area contributed by atoms with Crippen molar-refractivity contribution in [2.45, 2.75) is 22.6 Å². The SMILES string of the molecule is O=S(=O)(NCC(F)(F)C(F)F)c1ccc(CBr)cc1. The fourth-order valence-electron chi connectivity index (χ4n) is 1.11. The molecule has 9 heteroatoms. The van der Waals surface area contributed by atoms with Crippen LogP contribution < -0.4 is 4.72 Å². The van der Waals surface area contributed by atoms with Crippen molar-refractivity contribution < 1.29 is 26.0 Å². The van der Waals surface area contributed by atoms with Crippen molar-refractivity contribution in [3.05, 3.63) is 29.8 Å². The Hall–Kier alpha value is -0.670. The second-order valence-corrected chi connectivity index (χ2v) is 5.99. The molecule has 1 rings (SSSR count). The molecule has 19 heavy (non-hydrogen) atoms. The number of benzene rings is 1. The molecule has 0 aromatic heterocycles. The molecule has 0 aliphatic carbocycles. The maximum atomic E-state index is 12.6. The monoisotopic (exact) mass is 363 g/mol. The van der Waals surface area contributed by atoms with Crippen LogP contribution in [0, 0.1) is 0 Å². The smallest absolute Gasteiger partial charge is 0.207 e. The Kier molecular flexibility index (Phi) is 5.34. The second-order valence-electron chi connectivity index (χ2n) is 3.66. The molecule has 0 saturated heterocycles. The fraction of sp³-hybridized carbons (Fsp3) is 0.400. The summed E-state index contributed by atoms with van der Waals surface area (Å²) in [6.07, 6.45) is -3.93. The van der Waals surface area contributed by atoms with Crippen molar-refractivity contribution >= 4 is 26.0 Å². The molecule has 1 N–H and O–H groups in total. The van der Waals surface area contributed by atoms with E-state index in [4.69, 9.17) is 0 Å². The second kappa shape index (κ2) is 6.19. The zero-order valence-electron chi connectivity index (χ0n) is 9.42. The van der Waals surface area contributed by atoms with E-state index < -0.39 is 28.9 Å². The number of sulfonamides is 1. The summed E-state index contributed by atoms with van der Waals surface area (Å²) >= 11 is 3.16. The van der Waals surface area contributed by atoms with E-state index in [1.165, 1.54) is 29.0 Å². The van der Waals surface area contributed by atoms with Crippen LogP contribution in [-0.2, 0) is 15.4 Å².